The van der Waals surface area contributed by atoms with E-state index in [1.807, 2.05) is 0 Å². The lowest BCUT2D eigenvalue weighted by molar-refractivity contribution is -0.0461. The number of likely N-dealkylation sites (tertiary alicyclic amines) is 2. The molecule has 0 amide bonds. The van der Waals surface area contributed by atoms with Gasteiger partial charge in [-0.25, -0.2) is 0 Å². The molecule has 2 aromatic rings. The Kier molecular flexibility index (Phi) is 12.3. The lowest BCUT2D eigenvalue weighted by atomic mass is 9.75. The predicted octanol–water partition coefficient (Wildman–Crippen LogP) is 7.81. The molecule has 3 saturated heterocycles. The van der Waals surface area contributed by atoms with Gasteiger partial charge in [-0.15, -0.1) is 0 Å². The van der Waals surface area contributed by atoms with Crippen LogP contribution in [-0.2, 0) is 15.6 Å². The van der Waals surface area contributed by atoms with Gasteiger partial charge in [0.15, 0.2) is 0 Å². The molecule has 0 N–H and O–H groups in total. The van der Waals surface area contributed by atoms with Crippen molar-refractivity contribution in [2.75, 3.05) is 78.7 Å². The van der Waals surface area contributed by atoms with Crippen molar-refractivity contribution in [2.45, 2.75) is 122 Å². The third-order valence-electron chi connectivity index (χ3n) is 11.6. The SMILES string of the molecule is CC(C)(CC(C)(C)c1ccc(C2CCN(C3CN(C(C)(C)C)C3)CC2)cc1)OCCN1CCN(CCOc2ccc(C(C)(C)C)cc2)CC1. The van der Waals surface area contributed by atoms with Gasteiger partial charge in [0, 0.05) is 63.9 Å². The van der Waals surface area contributed by atoms with Crippen LogP contribution in [0, 0.1) is 0 Å². The van der Waals surface area contributed by atoms with E-state index >= 15 is 0 Å². The second-order valence-corrected chi connectivity index (χ2v) is 18.6. The Morgan fingerprint density at radius 3 is 1.69 bits per heavy atom. The number of hydrogen-bond acceptors (Lipinski definition) is 6. The van der Waals surface area contributed by atoms with Crippen LogP contribution >= 0.6 is 0 Å². The normalized spacial score (nSPS) is 20.4. The van der Waals surface area contributed by atoms with Gasteiger partial charge >= 0.3 is 0 Å². The van der Waals surface area contributed by atoms with Crippen molar-refractivity contribution < 1.29 is 9.47 Å². The lowest BCUT2D eigenvalue weighted by Crippen LogP contribution is -2.65. The minimum atomic E-state index is -0.177. The molecule has 3 fully saturated rings. The van der Waals surface area contributed by atoms with E-state index in [-0.39, 0.29) is 16.4 Å². The van der Waals surface area contributed by atoms with E-state index in [1.54, 1.807) is 0 Å². The molecule has 0 atom stereocenters. The topological polar surface area (TPSA) is 31.4 Å². The summed E-state index contributed by atoms with van der Waals surface area (Å²) >= 11 is 0. The van der Waals surface area contributed by atoms with Gasteiger partial charge < -0.3 is 9.47 Å². The van der Waals surface area contributed by atoms with Crippen molar-refractivity contribution in [1.29, 1.82) is 0 Å². The summed E-state index contributed by atoms with van der Waals surface area (Å²) in [5.74, 6) is 1.66. The van der Waals surface area contributed by atoms with Crippen LogP contribution in [0.3, 0.4) is 0 Å². The van der Waals surface area contributed by atoms with Crippen molar-refractivity contribution in [3.05, 3.63) is 65.2 Å². The number of piperidine rings is 1. The molecule has 0 radical (unpaired) electrons. The maximum absolute atomic E-state index is 6.56. The largest absolute Gasteiger partial charge is 0.492 e. The minimum Gasteiger partial charge on any atom is -0.492 e. The Morgan fingerprint density at radius 2 is 1.16 bits per heavy atom. The van der Waals surface area contributed by atoms with Crippen LogP contribution in [0.5, 0.6) is 5.75 Å². The molecule has 2 aromatic carbocycles. The Hall–Kier alpha value is -1.96. The summed E-state index contributed by atoms with van der Waals surface area (Å²) < 4.78 is 12.6. The number of hydrogen-bond donors (Lipinski definition) is 0. The number of rotatable bonds is 13. The smallest absolute Gasteiger partial charge is 0.119 e. The Bertz CT molecular complexity index is 1290. The van der Waals surface area contributed by atoms with Gasteiger partial charge in [-0.1, -0.05) is 71.0 Å². The van der Waals surface area contributed by atoms with Gasteiger partial charge in [0.25, 0.3) is 0 Å². The molecule has 6 heteroatoms. The van der Waals surface area contributed by atoms with E-state index < -0.39 is 0 Å². The molecule has 0 aromatic heterocycles. The van der Waals surface area contributed by atoms with E-state index in [4.69, 9.17) is 9.47 Å². The van der Waals surface area contributed by atoms with E-state index in [0.29, 0.717) is 11.5 Å². The van der Waals surface area contributed by atoms with E-state index in [1.165, 1.54) is 55.7 Å². The number of nitrogens with zero attached hydrogens (tertiary/aromatic N) is 4. The first-order valence-electron chi connectivity index (χ1n) is 19.4. The summed E-state index contributed by atoms with van der Waals surface area (Å²) in [6.45, 7) is 35.9. The highest BCUT2D eigenvalue weighted by Crippen LogP contribution is 2.37. The maximum atomic E-state index is 6.56. The fourth-order valence-corrected chi connectivity index (χ4v) is 8.29. The highest BCUT2D eigenvalue weighted by atomic mass is 16.5. The van der Waals surface area contributed by atoms with Crippen molar-refractivity contribution in [3.8, 4) is 5.75 Å². The highest BCUT2D eigenvalue weighted by Gasteiger charge is 2.39. The monoisotopic (exact) mass is 675 g/mol. The van der Waals surface area contributed by atoms with Crippen LogP contribution in [-0.4, -0.2) is 115 Å². The number of piperazine rings is 1. The van der Waals surface area contributed by atoms with Gasteiger partial charge in [-0.3, -0.25) is 19.6 Å². The third kappa shape index (κ3) is 10.8. The average Bonchev–Trinajstić information content (AvgIpc) is 3.00. The molecule has 0 spiro atoms. The second kappa shape index (κ2) is 15.7. The number of benzene rings is 2. The molecular formula is C43H70N4O2. The van der Waals surface area contributed by atoms with Gasteiger partial charge in [-0.2, -0.15) is 0 Å². The molecule has 0 bridgehead atoms. The van der Waals surface area contributed by atoms with Gasteiger partial charge in [-0.05, 0) is 113 Å². The zero-order valence-corrected chi connectivity index (χ0v) is 33.0. The quantitative estimate of drug-likeness (QED) is 0.216. The first kappa shape index (κ1) is 38.3. The molecule has 0 unspecified atom stereocenters. The maximum Gasteiger partial charge on any atom is 0.119 e. The molecule has 6 nitrogen and oxygen atoms in total. The van der Waals surface area contributed by atoms with E-state index in [2.05, 4.69) is 137 Å². The van der Waals surface area contributed by atoms with Crippen molar-refractivity contribution >= 4 is 0 Å². The molecule has 3 heterocycles. The Labute approximate surface area is 300 Å². The fraction of sp³-hybridized carbons (Fsp3) is 0.721. The average molecular weight is 675 g/mol. The van der Waals surface area contributed by atoms with Crippen molar-refractivity contribution in [3.63, 3.8) is 0 Å². The van der Waals surface area contributed by atoms with Crippen LogP contribution in [0.2, 0.25) is 0 Å². The summed E-state index contributed by atoms with van der Waals surface area (Å²) in [6.07, 6.45) is 3.56. The minimum absolute atomic E-state index is 0.0525. The summed E-state index contributed by atoms with van der Waals surface area (Å²) in [7, 11) is 0. The summed E-state index contributed by atoms with van der Waals surface area (Å²) in [4.78, 5) is 10.5. The third-order valence-corrected chi connectivity index (χ3v) is 11.6. The molecule has 0 saturated carbocycles. The summed E-state index contributed by atoms with van der Waals surface area (Å²) in [5, 5.41) is 0. The van der Waals surface area contributed by atoms with Crippen molar-refractivity contribution in [2.24, 2.45) is 0 Å². The summed E-state index contributed by atoms with van der Waals surface area (Å²) in [5.41, 5.74) is 4.64. The molecular weight excluding hydrogens is 604 g/mol. The molecule has 0 aliphatic carbocycles. The second-order valence-electron chi connectivity index (χ2n) is 18.6. The van der Waals surface area contributed by atoms with Gasteiger partial charge in [0.2, 0.25) is 0 Å². The predicted molar refractivity (Wildman–Crippen MR) is 206 cm³/mol. The van der Waals surface area contributed by atoms with Gasteiger partial charge in [0.05, 0.1) is 12.2 Å². The molecule has 3 aliphatic rings. The van der Waals surface area contributed by atoms with Crippen molar-refractivity contribution in [1.82, 2.24) is 19.6 Å². The van der Waals surface area contributed by atoms with Crippen LogP contribution in [0.15, 0.2) is 48.5 Å². The molecule has 3 aliphatic heterocycles. The fourth-order valence-electron chi connectivity index (χ4n) is 8.29. The first-order valence-corrected chi connectivity index (χ1v) is 19.4. The van der Waals surface area contributed by atoms with Crippen LogP contribution < -0.4 is 4.74 Å². The van der Waals surface area contributed by atoms with Crippen LogP contribution in [0.1, 0.15) is 111 Å². The van der Waals surface area contributed by atoms with Gasteiger partial charge in [0.1, 0.15) is 12.4 Å². The number of ether oxygens (including phenoxy) is 2. The zero-order valence-electron chi connectivity index (χ0n) is 33.0. The summed E-state index contributed by atoms with van der Waals surface area (Å²) in [6, 6.07) is 19.0. The lowest BCUT2D eigenvalue weighted by Gasteiger charge is -2.52. The van der Waals surface area contributed by atoms with Crippen LogP contribution in [0.4, 0.5) is 0 Å². The van der Waals surface area contributed by atoms with E-state index in [9.17, 15) is 0 Å². The Balaban J connectivity index is 0.972. The first-order chi connectivity index (χ1) is 23.0. The van der Waals surface area contributed by atoms with E-state index in [0.717, 1.165) is 70.7 Å². The van der Waals surface area contributed by atoms with Crippen LogP contribution in [0.25, 0.3) is 0 Å². The molecule has 274 valence electrons. The molecule has 5 rings (SSSR count). The zero-order chi connectivity index (χ0) is 35.5. The highest BCUT2D eigenvalue weighted by molar-refractivity contribution is 5.32. The standard InChI is InChI=1S/C43H70N4O2/c1-40(2,3)36-15-17-39(18-16-36)48-29-27-44-23-25-45(26-24-44)28-30-49-43(9,10)33-42(7,8)37-13-11-34(12-14-37)35-19-21-46(22-20-35)38-31-47(32-38)41(4,5)6/h11-18,35,38H,19-33H2,1-10H3. The Morgan fingerprint density at radius 1 is 0.633 bits per heavy atom. The molecule has 49 heavy (non-hydrogen) atoms.